The van der Waals surface area contributed by atoms with E-state index < -0.39 is 0 Å². The van der Waals surface area contributed by atoms with Gasteiger partial charge in [-0.05, 0) is 46.7 Å². The highest BCUT2D eigenvalue weighted by molar-refractivity contribution is 5.94. The molecule has 1 aliphatic rings. The van der Waals surface area contributed by atoms with Crippen molar-refractivity contribution in [3.05, 3.63) is 53.2 Å². The van der Waals surface area contributed by atoms with Gasteiger partial charge in [0, 0.05) is 19.2 Å². The summed E-state index contributed by atoms with van der Waals surface area (Å²) >= 11 is 0. The van der Waals surface area contributed by atoms with Crippen LogP contribution in [0.3, 0.4) is 0 Å². The third kappa shape index (κ3) is 2.61. The van der Waals surface area contributed by atoms with Gasteiger partial charge < -0.3 is 10.1 Å². The molecule has 0 radical (unpaired) electrons. The number of hydrogen-bond acceptors (Lipinski definition) is 5. The van der Waals surface area contributed by atoms with Crippen molar-refractivity contribution in [1.82, 2.24) is 25.4 Å². The lowest BCUT2D eigenvalue weighted by molar-refractivity contribution is 0.0950. The molecular weight excluding hydrogens is 294 g/mol. The Balaban J connectivity index is 1.46. The summed E-state index contributed by atoms with van der Waals surface area (Å²) in [4.78, 5) is 12.3. The summed E-state index contributed by atoms with van der Waals surface area (Å²) in [6.45, 7) is 2.52. The van der Waals surface area contributed by atoms with Gasteiger partial charge in [0.05, 0.1) is 5.56 Å². The topological polar surface area (TPSA) is 81.4 Å². The number of fused-ring (bicyclic) bond motifs is 2. The number of carbonyl (C=O) groups is 1. The van der Waals surface area contributed by atoms with Gasteiger partial charge in [-0.25, -0.2) is 0 Å². The maximum Gasteiger partial charge on any atom is 0.253 e. The van der Waals surface area contributed by atoms with Gasteiger partial charge in [-0.3, -0.25) is 4.79 Å². The van der Waals surface area contributed by atoms with Crippen LogP contribution in [-0.2, 0) is 13.0 Å². The highest BCUT2D eigenvalue weighted by atomic mass is 16.5. The molecule has 1 amide bonds. The lowest BCUT2D eigenvalue weighted by Crippen LogP contribution is -2.23. The van der Waals surface area contributed by atoms with Crippen molar-refractivity contribution in [2.24, 2.45) is 0 Å². The molecule has 1 N–H and O–H groups in total. The van der Waals surface area contributed by atoms with Crippen LogP contribution >= 0.6 is 0 Å². The molecule has 0 unspecified atom stereocenters. The summed E-state index contributed by atoms with van der Waals surface area (Å²) in [6.07, 6.45) is 2.74. The van der Waals surface area contributed by atoms with E-state index in [1.165, 1.54) is 10.1 Å². The fourth-order valence-corrected chi connectivity index (χ4v) is 2.75. The van der Waals surface area contributed by atoms with Gasteiger partial charge in [0.1, 0.15) is 11.9 Å². The molecule has 0 aliphatic carbocycles. The molecule has 2 aromatic heterocycles. The van der Waals surface area contributed by atoms with Gasteiger partial charge in [-0.1, -0.05) is 12.1 Å². The van der Waals surface area contributed by atoms with E-state index in [1.807, 2.05) is 12.1 Å². The molecule has 0 saturated carbocycles. The van der Waals surface area contributed by atoms with Crippen LogP contribution in [0.25, 0.3) is 5.65 Å². The predicted octanol–water partition coefficient (Wildman–Crippen LogP) is 1.38. The number of benzene rings is 1. The SMILES string of the molecule is C[C@@H]1Cc2cc(CNC(=O)c3ccc4nnnn4c3)ccc2O1. The number of pyridine rings is 1. The maximum atomic E-state index is 12.3. The quantitative estimate of drug-likeness (QED) is 0.790. The van der Waals surface area contributed by atoms with Gasteiger partial charge in [-0.2, -0.15) is 4.52 Å². The van der Waals surface area contributed by atoms with E-state index in [2.05, 4.69) is 33.8 Å². The number of aromatic nitrogens is 4. The number of nitrogens with zero attached hydrogens (tertiary/aromatic N) is 4. The van der Waals surface area contributed by atoms with Crippen molar-refractivity contribution in [2.75, 3.05) is 0 Å². The Bertz CT molecular complexity index is 889. The van der Waals surface area contributed by atoms with Crippen molar-refractivity contribution in [3.8, 4) is 5.75 Å². The zero-order valence-corrected chi connectivity index (χ0v) is 12.6. The van der Waals surface area contributed by atoms with Crippen molar-refractivity contribution in [3.63, 3.8) is 0 Å². The minimum atomic E-state index is -0.160. The second kappa shape index (κ2) is 5.35. The third-order valence-electron chi connectivity index (χ3n) is 3.87. The highest BCUT2D eigenvalue weighted by Crippen LogP contribution is 2.29. The Morgan fingerprint density at radius 1 is 1.39 bits per heavy atom. The molecule has 1 atom stereocenters. The van der Waals surface area contributed by atoms with Crippen molar-refractivity contribution in [1.29, 1.82) is 0 Å². The van der Waals surface area contributed by atoms with Crippen LogP contribution in [0, 0.1) is 0 Å². The average Bonchev–Trinajstić information content (AvgIpc) is 3.16. The number of amides is 1. The number of nitrogens with one attached hydrogen (secondary N) is 1. The first-order valence-electron chi connectivity index (χ1n) is 7.43. The molecule has 1 aromatic carbocycles. The summed E-state index contributed by atoms with van der Waals surface area (Å²) < 4.78 is 7.16. The van der Waals surface area contributed by atoms with Crippen LogP contribution in [0.5, 0.6) is 5.75 Å². The molecule has 7 heteroatoms. The normalized spacial score (nSPS) is 16.1. The Kier molecular flexibility index (Phi) is 3.18. The van der Waals surface area contributed by atoms with E-state index in [9.17, 15) is 4.79 Å². The highest BCUT2D eigenvalue weighted by Gasteiger charge is 2.19. The smallest absolute Gasteiger partial charge is 0.253 e. The summed E-state index contributed by atoms with van der Waals surface area (Å²) in [5, 5.41) is 14.1. The van der Waals surface area contributed by atoms with Crippen molar-refractivity contribution >= 4 is 11.6 Å². The summed E-state index contributed by atoms with van der Waals surface area (Å²) in [6, 6.07) is 9.45. The number of hydrogen-bond donors (Lipinski definition) is 1. The summed E-state index contributed by atoms with van der Waals surface area (Å²) in [5.41, 5.74) is 3.37. The zero-order valence-electron chi connectivity index (χ0n) is 12.6. The molecule has 116 valence electrons. The maximum absolute atomic E-state index is 12.3. The Labute approximate surface area is 132 Å². The van der Waals surface area contributed by atoms with E-state index in [0.29, 0.717) is 17.8 Å². The minimum Gasteiger partial charge on any atom is -0.490 e. The van der Waals surface area contributed by atoms with Crippen LogP contribution in [-0.4, -0.2) is 32.1 Å². The van der Waals surface area contributed by atoms with Crippen LogP contribution in [0.2, 0.25) is 0 Å². The number of carbonyl (C=O) groups excluding carboxylic acids is 1. The number of rotatable bonds is 3. The molecular formula is C16H15N5O2. The molecule has 7 nitrogen and oxygen atoms in total. The fraction of sp³-hybridized carbons (Fsp3) is 0.250. The van der Waals surface area contributed by atoms with E-state index >= 15 is 0 Å². The molecule has 23 heavy (non-hydrogen) atoms. The number of tetrazole rings is 1. The standard InChI is InChI=1S/C16H15N5O2/c1-10-6-13-7-11(2-4-14(13)23-10)8-17-16(22)12-3-5-15-18-19-20-21(15)9-12/h2-5,7,9-10H,6,8H2,1H3,(H,17,22)/t10-/m1/s1. The van der Waals surface area contributed by atoms with Gasteiger partial charge >= 0.3 is 0 Å². The van der Waals surface area contributed by atoms with Crippen molar-refractivity contribution < 1.29 is 9.53 Å². The van der Waals surface area contributed by atoms with Crippen LogP contribution in [0.4, 0.5) is 0 Å². The first kappa shape index (κ1) is 13.7. The molecule has 0 bridgehead atoms. The molecule has 1 aliphatic heterocycles. The Hall–Kier alpha value is -2.96. The van der Waals surface area contributed by atoms with E-state index in [1.54, 1.807) is 18.3 Å². The summed E-state index contributed by atoms with van der Waals surface area (Å²) in [7, 11) is 0. The molecule has 0 fully saturated rings. The lowest BCUT2D eigenvalue weighted by atomic mass is 10.1. The Morgan fingerprint density at radius 3 is 3.22 bits per heavy atom. The van der Waals surface area contributed by atoms with Crippen molar-refractivity contribution in [2.45, 2.75) is 26.0 Å². The van der Waals surface area contributed by atoms with E-state index in [-0.39, 0.29) is 12.0 Å². The summed E-state index contributed by atoms with van der Waals surface area (Å²) in [5.74, 6) is 0.782. The van der Waals surface area contributed by atoms with Gasteiger partial charge in [-0.15, -0.1) is 5.10 Å². The molecule has 0 saturated heterocycles. The first-order valence-corrected chi connectivity index (χ1v) is 7.43. The molecule has 3 aromatic rings. The minimum absolute atomic E-state index is 0.160. The number of ether oxygens (including phenoxy) is 1. The van der Waals surface area contributed by atoms with Gasteiger partial charge in [0.15, 0.2) is 5.65 Å². The van der Waals surface area contributed by atoms with E-state index in [4.69, 9.17) is 4.74 Å². The van der Waals surface area contributed by atoms with E-state index in [0.717, 1.165) is 17.7 Å². The molecule has 0 spiro atoms. The fourth-order valence-electron chi connectivity index (χ4n) is 2.75. The molecule has 3 heterocycles. The third-order valence-corrected chi connectivity index (χ3v) is 3.87. The second-order valence-electron chi connectivity index (χ2n) is 5.66. The largest absolute Gasteiger partial charge is 0.490 e. The van der Waals surface area contributed by atoms with Gasteiger partial charge in [0.25, 0.3) is 5.91 Å². The van der Waals surface area contributed by atoms with Crippen LogP contribution in [0.15, 0.2) is 36.5 Å². The predicted molar refractivity (Wildman–Crippen MR) is 82.2 cm³/mol. The molecule has 4 rings (SSSR count). The monoisotopic (exact) mass is 309 g/mol. The average molecular weight is 309 g/mol. The zero-order chi connectivity index (χ0) is 15.8. The second-order valence-corrected chi connectivity index (χ2v) is 5.66. The van der Waals surface area contributed by atoms with Crippen LogP contribution < -0.4 is 10.1 Å². The first-order chi connectivity index (χ1) is 11.2. The van der Waals surface area contributed by atoms with Gasteiger partial charge in [0.2, 0.25) is 0 Å². The van der Waals surface area contributed by atoms with Crippen LogP contribution in [0.1, 0.15) is 28.4 Å². The lowest BCUT2D eigenvalue weighted by Gasteiger charge is -2.07. The Morgan fingerprint density at radius 2 is 2.30 bits per heavy atom.